The van der Waals surface area contributed by atoms with Crippen molar-refractivity contribution in [3.63, 3.8) is 0 Å². The van der Waals surface area contributed by atoms with Gasteiger partial charge in [-0.2, -0.15) is 11.8 Å². The van der Waals surface area contributed by atoms with E-state index in [1.807, 2.05) is 11.8 Å². The van der Waals surface area contributed by atoms with Crippen LogP contribution in [0, 0.1) is 5.92 Å². The third kappa shape index (κ3) is 2.69. The summed E-state index contributed by atoms with van der Waals surface area (Å²) >= 11 is 1.94. The Bertz CT molecular complexity index is 190. The topological polar surface area (TPSA) is 29.3 Å². The fourth-order valence-corrected chi connectivity index (χ4v) is 3.76. The molecule has 0 amide bonds. The van der Waals surface area contributed by atoms with Gasteiger partial charge in [-0.3, -0.25) is 4.90 Å². The summed E-state index contributed by atoms with van der Waals surface area (Å²) < 4.78 is 0. The summed E-state index contributed by atoms with van der Waals surface area (Å²) in [5.41, 5.74) is 6.29. The lowest BCUT2D eigenvalue weighted by Crippen LogP contribution is -2.63. The van der Waals surface area contributed by atoms with E-state index in [2.05, 4.69) is 32.1 Å². The highest BCUT2D eigenvalue weighted by Gasteiger charge is 2.45. The zero-order valence-corrected chi connectivity index (χ0v) is 11.4. The number of rotatable bonds is 6. The Kier molecular flexibility index (Phi) is 4.94. The summed E-state index contributed by atoms with van der Waals surface area (Å²) in [4.78, 5) is 2.56. The van der Waals surface area contributed by atoms with Gasteiger partial charge in [0.15, 0.2) is 0 Å². The van der Waals surface area contributed by atoms with Gasteiger partial charge < -0.3 is 5.73 Å². The average molecular weight is 230 g/mol. The van der Waals surface area contributed by atoms with Crippen molar-refractivity contribution in [2.45, 2.75) is 44.7 Å². The van der Waals surface area contributed by atoms with Gasteiger partial charge in [-0.25, -0.2) is 0 Å². The molecular weight excluding hydrogens is 204 g/mol. The number of likely N-dealkylation sites (N-methyl/N-ethyl adjacent to an activating group) is 1. The van der Waals surface area contributed by atoms with Gasteiger partial charge in [0, 0.05) is 23.9 Å². The van der Waals surface area contributed by atoms with E-state index >= 15 is 0 Å². The van der Waals surface area contributed by atoms with Crippen molar-refractivity contribution in [1.82, 2.24) is 4.90 Å². The van der Waals surface area contributed by atoms with Gasteiger partial charge in [-0.15, -0.1) is 0 Å². The first-order chi connectivity index (χ1) is 7.09. The van der Waals surface area contributed by atoms with Crippen LogP contribution in [0.3, 0.4) is 0 Å². The van der Waals surface area contributed by atoms with Crippen molar-refractivity contribution < 1.29 is 0 Å². The second-order valence-corrected chi connectivity index (χ2v) is 5.98. The molecule has 1 aliphatic carbocycles. The van der Waals surface area contributed by atoms with E-state index < -0.39 is 0 Å². The molecule has 1 rings (SSSR count). The molecule has 0 aromatic heterocycles. The maximum atomic E-state index is 5.97. The van der Waals surface area contributed by atoms with Crippen LogP contribution in [0.4, 0.5) is 0 Å². The van der Waals surface area contributed by atoms with Crippen molar-refractivity contribution in [2.24, 2.45) is 11.7 Å². The van der Waals surface area contributed by atoms with Gasteiger partial charge in [0.1, 0.15) is 0 Å². The maximum absolute atomic E-state index is 5.97. The largest absolute Gasteiger partial charge is 0.329 e. The van der Waals surface area contributed by atoms with Crippen LogP contribution >= 0.6 is 11.8 Å². The summed E-state index contributed by atoms with van der Waals surface area (Å²) in [6, 6.07) is 0.691. The third-order valence-corrected chi connectivity index (χ3v) is 4.68. The van der Waals surface area contributed by atoms with Crippen LogP contribution in [0.5, 0.6) is 0 Å². The van der Waals surface area contributed by atoms with E-state index in [9.17, 15) is 0 Å². The molecule has 1 fully saturated rings. The molecule has 1 atom stereocenters. The van der Waals surface area contributed by atoms with Crippen LogP contribution in [0.25, 0.3) is 0 Å². The van der Waals surface area contributed by atoms with Gasteiger partial charge in [0.2, 0.25) is 0 Å². The highest BCUT2D eigenvalue weighted by molar-refractivity contribution is 7.98. The van der Waals surface area contributed by atoms with Gasteiger partial charge in [-0.05, 0) is 38.5 Å². The highest BCUT2D eigenvalue weighted by atomic mass is 32.2. The summed E-state index contributed by atoms with van der Waals surface area (Å²) in [6.45, 7) is 5.43. The third-order valence-electron chi connectivity index (χ3n) is 3.96. The number of hydrogen-bond acceptors (Lipinski definition) is 3. The standard InChI is InChI=1S/C12H26N2S/c1-5-11(8-15-4)14(3)12(9-13)6-10(2)7-12/h10-11H,5-9,13H2,1-4H3. The van der Waals surface area contributed by atoms with Crippen molar-refractivity contribution in [3.8, 4) is 0 Å². The highest BCUT2D eigenvalue weighted by Crippen LogP contribution is 2.42. The zero-order chi connectivity index (χ0) is 11.5. The second kappa shape index (κ2) is 5.55. The van der Waals surface area contributed by atoms with Gasteiger partial charge >= 0.3 is 0 Å². The smallest absolute Gasteiger partial charge is 0.0337 e. The molecule has 2 N–H and O–H groups in total. The van der Waals surface area contributed by atoms with E-state index in [1.165, 1.54) is 25.0 Å². The molecule has 2 nitrogen and oxygen atoms in total. The molecule has 1 aliphatic rings. The summed E-state index contributed by atoms with van der Waals surface area (Å²) in [5.74, 6) is 2.09. The van der Waals surface area contributed by atoms with Crippen LogP contribution in [0.2, 0.25) is 0 Å². The van der Waals surface area contributed by atoms with Crippen molar-refractivity contribution in [1.29, 1.82) is 0 Å². The molecule has 0 spiro atoms. The lowest BCUT2D eigenvalue weighted by molar-refractivity contribution is -0.0174. The predicted octanol–water partition coefficient (Wildman–Crippen LogP) is 2.19. The predicted molar refractivity (Wildman–Crippen MR) is 70.4 cm³/mol. The molecule has 0 aromatic rings. The Morgan fingerprint density at radius 1 is 1.53 bits per heavy atom. The Balaban J connectivity index is 2.59. The summed E-state index contributed by atoms with van der Waals surface area (Å²) in [7, 11) is 2.27. The molecule has 0 heterocycles. The van der Waals surface area contributed by atoms with Crippen LogP contribution in [-0.2, 0) is 0 Å². The number of nitrogens with zero attached hydrogens (tertiary/aromatic N) is 1. The summed E-state index contributed by atoms with van der Waals surface area (Å²) in [6.07, 6.45) is 5.98. The van der Waals surface area contributed by atoms with Crippen molar-refractivity contribution in [3.05, 3.63) is 0 Å². The normalized spacial score (nSPS) is 32.8. The maximum Gasteiger partial charge on any atom is 0.0337 e. The van der Waals surface area contributed by atoms with E-state index in [1.54, 1.807) is 0 Å². The first-order valence-corrected chi connectivity index (χ1v) is 7.41. The van der Waals surface area contributed by atoms with Crippen LogP contribution in [0.15, 0.2) is 0 Å². The Morgan fingerprint density at radius 3 is 2.47 bits per heavy atom. The molecule has 0 aromatic carbocycles. The first-order valence-electron chi connectivity index (χ1n) is 6.01. The van der Waals surface area contributed by atoms with Crippen molar-refractivity contribution >= 4 is 11.8 Å². The first kappa shape index (κ1) is 13.3. The molecule has 0 aliphatic heterocycles. The van der Waals surface area contributed by atoms with Gasteiger partial charge in [-0.1, -0.05) is 13.8 Å². The molecule has 0 bridgehead atoms. The molecule has 0 radical (unpaired) electrons. The minimum Gasteiger partial charge on any atom is -0.329 e. The van der Waals surface area contributed by atoms with Crippen LogP contribution in [0.1, 0.15) is 33.1 Å². The Morgan fingerprint density at radius 2 is 2.13 bits per heavy atom. The van der Waals surface area contributed by atoms with Crippen LogP contribution < -0.4 is 5.73 Å². The van der Waals surface area contributed by atoms with Gasteiger partial charge in [0.05, 0.1) is 0 Å². The van der Waals surface area contributed by atoms with Crippen molar-refractivity contribution in [2.75, 3.05) is 25.6 Å². The fourth-order valence-electron chi connectivity index (χ4n) is 2.92. The minimum absolute atomic E-state index is 0.315. The van der Waals surface area contributed by atoms with E-state index in [-0.39, 0.29) is 0 Å². The fraction of sp³-hybridized carbons (Fsp3) is 1.00. The van der Waals surface area contributed by atoms with E-state index in [4.69, 9.17) is 5.73 Å². The molecule has 90 valence electrons. The Labute approximate surface area is 99.0 Å². The lowest BCUT2D eigenvalue weighted by Gasteiger charge is -2.54. The van der Waals surface area contributed by atoms with Gasteiger partial charge in [0.25, 0.3) is 0 Å². The second-order valence-electron chi connectivity index (χ2n) is 5.07. The average Bonchev–Trinajstić information content (AvgIpc) is 2.20. The summed E-state index contributed by atoms with van der Waals surface area (Å²) in [5, 5.41) is 0. The molecule has 0 saturated heterocycles. The quantitative estimate of drug-likeness (QED) is 0.758. The Hall–Kier alpha value is 0.270. The molecule has 1 unspecified atom stereocenters. The number of thioether (sulfide) groups is 1. The molecule has 1 saturated carbocycles. The lowest BCUT2D eigenvalue weighted by atomic mass is 9.67. The monoisotopic (exact) mass is 230 g/mol. The minimum atomic E-state index is 0.315. The van der Waals surface area contributed by atoms with Crippen LogP contribution in [-0.4, -0.2) is 42.1 Å². The number of nitrogens with two attached hydrogens (primary N) is 1. The van der Waals surface area contributed by atoms with E-state index in [0.717, 1.165) is 12.5 Å². The molecule has 3 heteroatoms. The SMILES string of the molecule is CCC(CSC)N(C)C1(CN)CC(C)C1. The molecular formula is C12H26N2S. The van der Waals surface area contributed by atoms with E-state index in [0.29, 0.717) is 11.6 Å². The number of hydrogen-bond donors (Lipinski definition) is 1. The molecule has 15 heavy (non-hydrogen) atoms. The zero-order valence-electron chi connectivity index (χ0n) is 10.6.